The minimum absolute atomic E-state index is 0.281. The number of carboxylic acids is 1. The highest BCUT2D eigenvalue weighted by molar-refractivity contribution is 6.32. The molecule has 5 nitrogen and oxygen atoms in total. The van der Waals surface area contributed by atoms with Gasteiger partial charge in [-0.25, -0.2) is 9.59 Å². The maximum absolute atomic E-state index is 11.2. The number of hydrogen-bond donors (Lipinski definition) is 1. The van der Waals surface area contributed by atoms with Crippen LogP contribution in [0.1, 0.15) is 12.5 Å². The summed E-state index contributed by atoms with van der Waals surface area (Å²) in [6.07, 6.45) is 1.63. The minimum atomic E-state index is -1.05. The molecule has 0 saturated carbocycles. The predicted molar refractivity (Wildman–Crippen MR) is 70.2 cm³/mol. The van der Waals surface area contributed by atoms with Gasteiger partial charge in [-0.15, -0.1) is 0 Å². The van der Waals surface area contributed by atoms with E-state index in [1.54, 1.807) is 25.1 Å². The lowest BCUT2D eigenvalue weighted by Crippen LogP contribution is -2.25. The Morgan fingerprint density at radius 3 is 2.63 bits per heavy atom. The summed E-state index contributed by atoms with van der Waals surface area (Å²) in [5.74, 6) is -1.23. The molecule has 0 radical (unpaired) electrons. The summed E-state index contributed by atoms with van der Waals surface area (Å²) >= 11 is 5.98. The summed E-state index contributed by atoms with van der Waals surface area (Å²) in [4.78, 5) is 21.6. The summed E-state index contributed by atoms with van der Waals surface area (Å²) in [6.45, 7) is 1.54. The lowest BCUT2D eigenvalue weighted by molar-refractivity contribution is -0.147. The predicted octanol–water partition coefficient (Wildman–Crippen LogP) is 2.38. The molecule has 0 saturated heterocycles. The van der Waals surface area contributed by atoms with E-state index in [1.165, 1.54) is 13.2 Å². The van der Waals surface area contributed by atoms with Gasteiger partial charge in [-0.3, -0.25) is 0 Å². The van der Waals surface area contributed by atoms with E-state index in [1.807, 2.05) is 0 Å². The van der Waals surface area contributed by atoms with Crippen molar-refractivity contribution in [2.75, 3.05) is 7.11 Å². The van der Waals surface area contributed by atoms with Gasteiger partial charge in [0.15, 0.2) is 6.10 Å². The van der Waals surface area contributed by atoms with Gasteiger partial charge in [0.05, 0.1) is 12.1 Å². The molecule has 1 aromatic carbocycles. The van der Waals surface area contributed by atoms with Crippen molar-refractivity contribution in [3.8, 4) is 5.75 Å². The molecule has 0 heterocycles. The number of carboxylic acid groups (broad SMARTS) is 1. The Labute approximate surface area is 115 Å². The highest BCUT2D eigenvalue weighted by atomic mass is 35.5. The number of benzene rings is 1. The van der Waals surface area contributed by atoms with Gasteiger partial charge in [-0.1, -0.05) is 17.7 Å². The average Bonchev–Trinajstić information content (AvgIpc) is 2.38. The van der Waals surface area contributed by atoms with Crippen LogP contribution >= 0.6 is 11.6 Å². The Bertz CT molecular complexity index is 510. The number of carbonyl (C=O) groups is 2. The van der Waals surface area contributed by atoms with E-state index < -0.39 is 18.0 Å². The first kappa shape index (κ1) is 15.0. The molecule has 6 heteroatoms. The van der Waals surface area contributed by atoms with E-state index in [0.29, 0.717) is 11.3 Å². The van der Waals surface area contributed by atoms with Crippen molar-refractivity contribution >= 4 is 29.6 Å². The summed E-state index contributed by atoms with van der Waals surface area (Å²) in [5.41, 5.74) is 0.616. The first-order valence-corrected chi connectivity index (χ1v) is 5.77. The maximum Gasteiger partial charge on any atom is 0.346 e. The van der Waals surface area contributed by atoms with Gasteiger partial charge in [0.2, 0.25) is 0 Å². The van der Waals surface area contributed by atoms with Crippen LogP contribution in [-0.4, -0.2) is 30.3 Å². The molecule has 0 bridgehead atoms. The molecule has 0 fully saturated rings. The molecule has 0 aliphatic carbocycles. The van der Waals surface area contributed by atoms with Gasteiger partial charge < -0.3 is 14.6 Å². The van der Waals surface area contributed by atoms with Gasteiger partial charge in [-0.2, -0.15) is 0 Å². The Hall–Kier alpha value is -2.01. The normalized spacial score (nSPS) is 12.2. The zero-order chi connectivity index (χ0) is 14.4. The van der Waals surface area contributed by atoms with Crippen LogP contribution < -0.4 is 4.74 Å². The first-order chi connectivity index (χ1) is 8.93. The molecule has 1 unspecified atom stereocenters. The molecule has 1 atom stereocenters. The highest BCUT2D eigenvalue weighted by Crippen LogP contribution is 2.27. The summed E-state index contributed by atoms with van der Waals surface area (Å²) in [5, 5.41) is 8.79. The second kappa shape index (κ2) is 6.80. The Kier molecular flexibility index (Phi) is 5.38. The molecule has 0 spiro atoms. The molecule has 19 heavy (non-hydrogen) atoms. The second-order valence-electron chi connectivity index (χ2n) is 3.64. The number of methoxy groups -OCH3 is 1. The number of rotatable bonds is 5. The van der Waals surface area contributed by atoms with Crippen molar-refractivity contribution in [3.63, 3.8) is 0 Å². The number of ether oxygens (including phenoxy) is 2. The second-order valence-corrected chi connectivity index (χ2v) is 4.05. The molecular formula is C13H13ClO5. The molecule has 0 aliphatic rings. The fraction of sp³-hybridized carbons (Fsp3) is 0.231. The third-order valence-corrected chi connectivity index (χ3v) is 2.51. The van der Waals surface area contributed by atoms with Gasteiger partial charge >= 0.3 is 11.9 Å². The van der Waals surface area contributed by atoms with E-state index in [9.17, 15) is 9.59 Å². The van der Waals surface area contributed by atoms with E-state index in [-0.39, 0.29) is 5.02 Å². The van der Waals surface area contributed by atoms with Crippen LogP contribution in [0.15, 0.2) is 24.3 Å². The van der Waals surface area contributed by atoms with Crippen LogP contribution in [0.4, 0.5) is 0 Å². The van der Waals surface area contributed by atoms with E-state index >= 15 is 0 Å². The average molecular weight is 285 g/mol. The zero-order valence-corrected chi connectivity index (χ0v) is 11.2. The number of halogens is 1. The van der Waals surface area contributed by atoms with Crippen molar-refractivity contribution in [1.29, 1.82) is 0 Å². The van der Waals surface area contributed by atoms with Crippen molar-refractivity contribution < 1.29 is 24.2 Å². The molecule has 1 rings (SSSR count). The number of esters is 1. The standard InChI is InChI=1S/C13H13ClO5/c1-8(13(17)18-2)19-11-5-3-9(7-10(11)14)4-6-12(15)16/h3-8H,1-2H3,(H,15,16)/b6-4+. The quantitative estimate of drug-likeness (QED) is 0.664. The lowest BCUT2D eigenvalue weighted by atomic mass is 10.2. The topological polar surface area (TPSA) is 72.8 Å². The van der Waals surface area contributed by atoms with Crippen LogP contribution in [0.2, 0.25) is 5.02 Å². The highest BCUT2D eigenvalue weighted by Gasteiger charge is 2.16. The number of carbonyl (C=O) groups excluding carboxylic acids is 1. The first-order valence-electron chi connectivity index (χ1n) is 5.39. The molecule has 1 aromatic rings. The number of aliphatic carboxylic acids is 1. The number of hydrogen-bond acceptors (Lipinski definition) is 4. The van der Waals surface area contributed by atoms with E-state index in [2.05, 4.69) is 4.74 Å². The molecule has 0 aromatic heterocycles. The van der Waals surface area contributed by atoms with Crippen molar-refractivity contribution in [2.45, 2.75) is 13.0 Å². The maximum atomic E-state index is 11.2. The fourth-order valence-electron chi connectivity index (χ4n) is 1.29. The van der Waals surface area contributed by atoms with Crippen molar-refractivity contribution in [3.05, 3.63) is 34.9 Å². The smallest absolute Gasteiger partial charge is 0.346 e. The largest absolute Gasteiger partial charge is 0.478 e. The van der Waals surface area contributed by atoms with E-state index in [4.69, 9.17) is 21.4 Å². The Balaban J connectivity index is 2.83. The molecule has 102 valence electrons. The third-order valence-electron chi connectivity index (χ3n) is 2.21. The van der Waals surface area contributed by atoms with Crippen LogP contribution in [0.25, 0.3) is 6.08 Å². The van der Waals surface area contributed by atoms with Crippen molar-refractivity contribution in [2.24, 2.45) is 0 Å². The van der Waals surface area contributed by atoms with Gasteiger partial charge in [0, 0.05) is 6.08 Å². The van der Waals surface area contributed by atoms with Crippen molar-refractivity contribution in [1.82, 2.24) is 0 Å². The van der Waals surface area contributed by atoms with Gasteiger partial charge in [-0.05, 0) is 30.7 Å². The minimum Gasteiger partial charge on any atom is -0.478 e. The van der Waals surface area contributed by atoms with Crippen LogP contribution in [0, 0.1) is 0 Å². The molecule has 0 amide bonds. The van der Waals surface area contributed by atoms with Gasteiger partial charge in [0.1, 0.15) is 5.75 Å². The summed E-state index contributed by atoms with van der Waals surface area (Å²) in [7, 11) is 1.27. The van der Waals surface area contributed by atoms with Crippen LogP contribution in [0.3, 0.4) is 0 Å². The lowest BCUT2D eigenvalue weighted by Gasteiger charge is -2.13. The Morgan fingerprint density at radius 1 is 1.42 bits per heavy atom. The van der Waals surface area contributed by atoms with Crippen LogP contribution in [0.5, 0.6) is 5.75 Å². The fourth-order valence-corrected chi connectivity index (χ4v) is 1.52. The van der Waals surface area contributed by atoms with Gasteiger partial charge in [0.25, 0.3) is 0 Å². The summed E-state index contributed by atoms with van der Waals surface area (Å²) in [6, 6.07) is 4.73. The third kappa shape index (κ3) is 4.63. The molecule has 1 N–H and O–H groups in total. The van der Waals surface area contributed by atoms with Crippen LogP contribution in [-0.2, 0) is 14.3 Å². The SMILES string of the molecule is COC(=O)C(C)Oc1ccc(/C=C/C(=O)O)cc1Cl. The summed E-state index contributed by atoms with van der Waals surface area (Å²) < 4.78 is 9.86. The monoisotopic (exact) mass is 284 g/mol. The molecular weight excluding hydrogens is 272 g/mol. The zero-order valence-electron chi connectivity index (χ0n) is 10.4. The molecule has 0 aliphatic heterocycles. The van der Waals surface area contributed by atoms with E-state index in [0.717, 1.165) is 6.08 Å². The Morgan fingerprint density at radius 2 is 2.11 bits per heavy atom.